The maximum absolute atomic E-state index is 13.6. The summed E-state index contributed by atoms with van der Waals surface area (Å²) in [6.45, 7) is 15.0. The highest BCUT2D eigenvalue weighted by Crippen LogP contribution is 2.22. The molecule has 1 aliphatic carbocycles. The molecule has 0 bridgehead atoms. The van der Waals surface area contributed by atoms with Crippen LogP contribution < -0.4 is 10.6 Å². The fraction of sp³-hybridized carbons (Fsp3) is 0.808. The molecule has 2 N–H and O–H groups in total. The summed E-state index contributed by atoms with van der Waals surface area (Å²) < 4.78 is 0. The van der Waals surface area contributed by atoms with Crippen molar-refractivity contribution in [1.29, 1.82) is 0 Å². The van der Waals surface area contributed by atoms with E-state index in [1.165, 1.54) is 0 Å². The van der Waals surface area contributed by atoms with Gasteiger partial charge in [-0.15, -0.1) is 0 Å². The van der Waals surface area contributed by atoms with Crippen LogP contribution in [0.25, 0.3) is 0 Å². The van der Waals surface area contributed by atoms with Gasteiger partial charge in [-0.3, -0.25) is 19.3 Å². The lowest BCUT2D eigenvalue weighted by molar-refractivity contribution is -0.140. The first-order valence-corrected chi connectivity index (χ1v) is 12.8. The van der Waals surface area contributed by atoms with Crippen LogP contribution in [-0.2, 0) is 14.4 Å². The molecule has 7 heteroatoms. The fourth-order valence-electron chi connectivity index (χ4n) is 4.59. The summed E-state index contributed by atoms with van der Waals surface area (Å²) in [4.78, 5) is 43.2. The van der Waals surface area contributed by atoms with Crippen molar-refractivity contribution in [3.63, 3.8) is 0 Å². The van der Waals surface area contributed by atoms with Gasteiger partial charge < -0.3 is 15.5 Å². The molecule has 33 heavy (non-hydrogen) atoms. The third kappa shape index (κ3) is 7.56. The van der Waals surface area contributed by atoms with Crippen LogP contribution in [0, 0.1) is 11.8 Å². The van der Waals surface area contributed by atoms with Gasteiger partial charge in [-0.25, -0.2) is 0 Å². The lowest BCUT2D eigenvalue weighted by Gasteiger charge is -2.39. The molecule has 2 rings (SSSR count). The van der Waals surface area contributed by atoms with E-state index in [4.69, 9.17) is 0 Å². The standard InChI is InChI=1S/C26H46N4O3/c1-16(2)22(15-19(7)24(31)27-20-12-13-20)29(8)26(33)23(17(3)4)28-25(32)21-11-9-10-14-30(21)18(5)6/h15-18,20-23H,9-14H2,1-8H3,(H,27,31)(H,28,32)/b19-15+. The summed E-state index contributed by atoms with van der Waals surface area (Å²) in [6, 6.07) is -0.441. The minimum Gasteiger partial charge on any atom is -0.350 e. The number of nitrogens with zero attached hydrogens (tertiary/aromatic N) is 2. The van der Waals surface area contributed by atoms with Crippen molar-refractivity contribution in [2.24, 2.45) is 11.8 Å². The van der Waals surface area contributed by atoms with Gasteiger partial charge in [0.2, 0.25) is 17.7 Å². The van der Waals surface area contributed by atoms with E-state index >= 15 is 0 Å². The van der Waals surface area contributed by atoms with E-state index < -0.39 is 6.04 Å². The van der Waals surface area contributed by atoms with E-state index in [0.717, 1.165) is 38.6 Å². The lowest BCUT2D eigenvalue weighted by atomic mass is 9.95. The van der Waals surface area contributed by atoms with Gasteiger partial charge in [-0.1, -0.05) is 40.2 Å². The largest absolute Gasteiger partial charge is 0.350 e. The summed E-state index contributed by atoms with van der Waals surface area (Å²) in [5, 5.41) is 6.09. The van der Waals surface area contributed by atoms with Crippen LogP contribution in [0.5, 0.6) is 0 Å². The van der Waals surface area contributed by atoms with Crippen molar-refractivity contribution < 1.29 is 14.4 Å². The molecule has 0 aromatic heterocycles. The average molecular weight is 463 g/mol. The van der Waals surface area contributed by atoms with Crippen molar-refractivity contribution in [3.8, 4) is 0 Å². The molecule has 3 atom stereocenters. The number of carbonyl (C=O) groups excluding carboxylic acids is 3. The molecule has 2 aliphatic rings. The van der Waals surface area contributed by atoms with Gasteiger partial charge in [0, 0.05) is 24.7 Å². The number of likely N-dealkylation sites (tertiary alicyclic amines) is 1. The van der Waals surface area contributed by atoms with Gasteiger partial charge in [0.25, 0.3) is 0 Å². The van der Waals surface area contributed by atoms with Gasteiger partial charge in [0.05, 0.1) is 12.1 Å². The van der Waals surface area contributed by atoms with Crippen molar-refractivity contribution in [2.45, 2.75) is 111 Å². The Bertz CT molecular complexity index is 727. The second kappa shape index (κ2) is 12.0. The molecule has 1 heterocycles. The topological polar surface area (TPSA) is 81.8 Å². The number of hydrogen-bond donors (Lipinski definition) is 2. The number of carbonyl (C=O) groups is 3. The van der Waals surface area contributed by atoms with Crippen LogP contribution in [0.4, 0.5) is 0 Å². The lowest BCUT2D eigenvalue weighted by Crippen LogP contribution is -2.58. The Hall–Kier alpha value is -1.89. The predicted octanol–water partition coefficient (Wildman–Crippen LogP) is 3.10. The molecule has 2 fully saturated rings. The molecule has 3 amide bonds. The Balaban J connectivity index is 2.14. The van der Waals surface area contributed by atoms with Crippen LogP contribution in [0.1, 0.15) is 80.6 Å². The molecule has 1 saturated carbocycles. The minimum absolute atomic E-state index is 0.0453. The Kier molecular flexibility index (Phi) is 9.95. The SMILES string of the molecule is C/C(=C\C(C(C)C)N(C)C(=O)C(NC(=O)C1CCCCN1C(C)C)C(C)C)C(=O)NC1CC1. The smallest absolute Gasteiger partial charge is 0.246 e. The van der Waals surface area contributed by atoms with Gasteiger partial charge in [-0.05, 0) is 64.8 Å². The van der Waals surface area contributed by atoms with E-state index in [1.54, 1.807) is 18.9 Å². The molecule has 7 nitrogen and oxygen atoms in total. The Labute approximate surface area is 200 Å². The van der Waals surface area contributed by atoms with E-state index in [1.807, 2.05) is 33.8 Å². The molecule has 1 aliphatic heterocycles. The molecular weight excluding hydrogens is 416 g/mol. The Morgan fingerprint density at radius 1 is 0.970 bits per heavy atom. The van der Waals surface area contributed by atoms with Crippen LogP contribution in [0.15, 0.2) is 11.6 Å². The number of rotatable bonds is 10. The third-order valence-electron chi connectivity index (χ3n) is 6.91. The zero-order chi connectivity index (χ0) is 24.9. The van der Waals surface area contributed by atoms with Crippen LogP contribution >= 0.6 is 0 Å². The maximum Gasteiger partial charge on any atom is 0.246 e. The molecule has 0 aromatic rings. The molecule has 1 saturated heterocycles. The number of amides is 3. The zero-order valence-electron chi connectivity index (χ0n) is 22.0. The van der Waals surface area contributed by atoms with E-state index in [0.29, 0.717) is 11.6 Å². The van der Waals surface area contributed by atoms with Crippen molar-refractivity contribution in [2.75, 3.05) is 13.6 Å². The highest BCUT2D eigenvalue weighted by Gasteiger charge is 2.36. The fourth-order valence-corrected chi connectivity index (χ4v) is 4.59. The van der Waals surface area contributed by atoms with Gasteiger partial charge in [-0.2, -0.15) is 0 Å². The van der Waals surface area contributed by atoms with Gasteiger partial charge in [0.1, 0.15) is 6.04 Å². The third-order valence-corrected chi connectivity index (χ3v) is 6.91. The normalized spacial score (nSPS) is 21.8. The average Bonchev–Trinajstić information content (AvgIpc) is 3.57. The summed E-state index contributed by atoms with van der Waals surface area (Å²) >= 11 is 0. The highest BCUT2D eigenvalue weighted by molar-refractivity contribution is 5.93. The van der Waals surface area contributed by atoms with Gasteiger partial charge >= 0.3 is 0 Å². The Morgan fingerprint density at radius 2 is 1.61 bits per heavy atom. The molecule has 3 unspecified atom stereocenters. The second-order valence-corrected chi connectivity index (χ2v) is 10.9. The molecular formula is C26H46N4O3. The molecule has 0 aromatic carbocycles. The summed E-state index contributed by atoms with van der Waals surface area (Å²) in [7, 11) is 1.78. The van der Waals surface area contributed by atoms with Crippen LogP contribution in [0.2, 0.25) is 0 Å². The maximum atomic E-state index is 13.6. The minimum atomic E-state index is -0.603. The monoisotopic (exact) mass is 462 g/mol. The summed E-state index contributed by atoms with van der Waals surface area (Å²) in [5.74, 6) is -0.156. The molecule has 188 valence electrons. The first-order valence-electron chi connectivity index (χ1n) is 12.8. The second-order valence-electron chi connectivity index (χ2n) is 10.9. The summed E-state index contributed by atoms with van der Waals surface area (Å²) in [6.07, 6.45) is 6.93. The molecule has 0 radical (unpaired) electrons. The number of piperidine rings is 1. The first kappa shape index (κ1) is 27.4. The van der Waals surface area contributed by atoms with E-state index in [2.05, 4.69) is 29.4 Å². The van der Waals surface area contributed by atoms with E-state index in [9.17, 15) is 14.4 Å². The van der Waals surface area contributed by atoms with Crippen LogP contribution in [0.3, 0.4) is 0 Å². The first-order chi connectivity index (χ1) is 15.4. The van der Waals surface area contributed by atoms with Crippen molar-refractivity contribution in [1.82, 2.24) is 20.4 Å². The zero-order valence-corrected chi connectivity index (χ0v) is 22.0. The van der Waals surface area contributed by atoms with Crippen LogP contribution in [-0.4, -0.2) is 71.3 Å². The van der Waals surface area contributed by atoms with E-state index in [-0.39, 0.29) is 47.7 Å². The van der Waals surface area contributed by atoms with Gasteiger partial charge in [0.15, 0.2) is 0 Å². The number of nitrogens with one attached hydrogen (secondary N) is 2. The predicted molar refractivity (Wildman–Crippen MR) is 133 cm³/mol. The number of hydrogen-bond acceptors (Lipinski definition) is 4. The Morgan fingerprint density at radius 3 is 2.12 bits per heavy atom. The summed E-state index contributed by atoms with van der Waals surface area (Å²) in [5.41, 5.74) is 0.625. The van der Waals surface area contributed by atoms with Crippen molar-refractivity contribution in [3.05, 3.63) is 11.6 Å². The molecule has 0 spiro atoms. The quantitative estimate of drug-likeness (QED) is 0.489. The number of likely N-dealkylation sites (N-methyl/N-ethyl adjacent to an activating group) is 1. The van der Waals surface area contributed by atoms with Crippen molar-refractivity contribution >= 4 is 17.7 Å². The highest BCUT2D eigenvalue weighted by atomic mass is 16.2.